The molecule has 0 N–H and O–H groups in total. The SMILES string of the molecule is Cl.FC(F)(F)CN1CCCC(COc2cccc(Br)c2)C1. The zero-order valence-corrected chi connectivity index (χ0v) is 13.8. The first-order valence-corrected chi connectivity index (χ1v) is 7.39. The average molecular weight is 389 g/mol. The Morgan fingerprint density at radius 2 is 2.10 bits per heavy atom. The van der Waals surface area contributed by atoms with Crippen molar-refractivity contribution < 1.29 is 17.9 Å². The van der Waals surface area contributed by atoms with Crippen LogP contribution in [0.1, 0.15) is 12.8 Å². The Kier molecular flexibility index (Phi) is 7.30. The molecule has 0 saturated carbocycles. The van der Waals surface area contributed by atoms with Gasteiger partial charge < -0.3 is 4.74 Å². The summed E-state index contributed by atoms with van der Waals surface area (Å²) in [5.74, 6) is 0.900. The van der Waals surface area contributed by atoms with Crippen LogP contribution in [0.3, 0.4) is 0 Å². The van der Waals surface area contributed by atoms with Gasteiger partial charge in [-0.25, -0.2) is 0 Å². The maximum Gasteiger partial charge on any atom is 0.401 e. The van der Waals surface area contributed by atoms with Gasteiger partial charge in [-0.1, -0.05) is 22.0 Å². The van der Waals surface area contributed by atoms with Crippen LogP contribution in [0.25, 0.3) is 0 Å². The molecule has 2 nitrogen and oxygen atoms in total. The lowest BCUT2D eigenvalue weighted by atomic mass is 9.99. The third kappa shape index (κ3) is 6.89. The molecule has 1 heterocycles. The summed E-state index contributed by atoms with van der Waals surface area (Å²) in [6, 6.07) is 7.48. The molecule has 1 aromatic rings. The molecule has 1 atom stereocenters. The van der Waals surface area contributed by atoms with E-state index in [1.807, 2.05) is 24.3 Å². The molecule has 1 saturated heterocycles. The monoisotopic (exact) mass is 387 g/mol. The summed E-state index contributed by atoms with van der Waals surface area (Å²) in [7, 11) is 0. The number of hydrogen-bond donors (Lipinski definition) is 0. The van der Waals surface area contributed by atoms with E-state index < -0.39 is 12.7 Å². The van der Waals surface area contributed by atoms with Crippen molar-refractivity contribution >= 4 is 28.3 Å². The fourth-order valence-electron chi connectivity index (χ4n) is 2.46. The van der Waals surface area contributed by atoms with E-state index in [1.54, 1.807) is 0 Å². The number of hydrogen-bond acceptors (Lipinski definition) is 2. The molecular formula is C14H18BrClF3NO. The summed E-state index contributed by atoms with van der Waals surface area (Å²) in [5.41, 5.74) is 0. The molecule has 1 fully saturated rings. The highest BCUT2D eigenvalue weighted by atomic mass is 79.9. The first kappa shape index (κ1) is 18.6. The molecule has 120 valence electrons. The largest absolute Gasteiger partial charge is 0.493 e. The first-order valence-electron chi connectivity index (χ1n) is 6.60. The maximum atomic E-state index is 12.4. The van der Waals surface area contributed by atoms with Crippen LogP contribution < -0.4 is 4.74 Å². The molecule has 0 spiro atoms. The molecule has 1 unspecified atom stereocenters. The van der Waals surface area contributed by atoms with Gasteiger partial charge in [-0.3, -0.25) is 4.90 Å². The molecule has 1 aromatic carbocycles. The van der Waals surface area contributed by atoms with Gasteiger partial charge in [0.05, 0.1) is 13.2 Å². The topological polar surface area (TPSA) is 12.5 Å². The molecule has 0 aromatic heterocycles. The molecular weight excluding hydrogens is 371 g/mol. The van der Waals surface area contributed by atoms with Crippen LogP contribution in [0, 0.1) is 5.92 Å². The van der Waals surface area contributed by atoms with E-state index >= 15 is 0 Å². The second-order valence-corrected chi connectivity index (χ2v) is 6.04. The quantitative estimate of drug-likeness (QED) is 0.752. The number of halogens is 5. The van der Waals surface area contributed by atoms with Crippen LogP contribution in [-0.4, -0.2) is 37.3 Å². The second kappa shape index (κ2) is 8.25. The van der Waals surface area contributed by atoms with E-state index in [0.29, 0.717) is 19.7 Å². The van der Waals surface area contributed by atoms with Crippen molar-refractivity contribution in [2.75, 3.05) is 26.2 Å². The molecule has 1 aliphatic heterocycles. The van der Waals surface area contributed by atoms with Crippen LogP contribution in [-0.2, 0) is 0 Å². The van der Waals surface area contributed by atoms with E-state index in [9.17, 15) is 13.2 Å². The average Bonchev–Trinajstić information content (AvgIpc) is 2.35. The highest BCUT2D eigenvalue weighted by Gasteiger charge is 2.33. The van der Waals surface area contributed by atoms with Crippen LogP contribution in [0.5, 0.6) is 5.75 Å². The zero-order valence-electron chi connectivity index (χ0n) is 11.4. The minimum atomic E-state index is -4.12. The minimum absolute atomic E-state index is 0. The number of piperidine rings is 1. The number of alkyl halides is 3. The minimum Gasteiger partial charge on any atom is -0.493 e. The normalized spacial score (nSPS) is 19.9. The number of rotatable bonds is 4. The summed E-state index contributed by atoms with van der Waals surface area (Å²) in [6.07, 6.45) is -2.40. The zero-order chi connectivity index (χ0) is 14.6. The highest BCUT2D eigenvalue weighted by Crippen LogP contribution is 2.24. The molecule has 1 aliphatic rings. The smallest absolute Gasteiger partial charge is 0.401 e. The maximum absolute atomic E-state index is 12.4. The van der Waals surface area contributed by atoms with E-state index in [0.717, 1.165) is 23.1 Å². The standard InChI is InChI=1S/C14H17BrF3NO.ClH/c15-12-4-1-5-13(7-12)20-9-11-3-2-6-19(8-11)10-14(16,17)18;/h1,4-5,7,11H,2-3,6,8-10H2;1H. The second-order valence-electron chi connectivity index (χ2n) is 5.13. The fourth-order valence-corrected chi connectivity index (χ4v) is 2.83. The molecule has 0 aliphatic carbocycles. The van der Waals surface area contributed by atoms with Gasteiger partial charge in [0.25, 0.3) is 0 Å². The van der Waals surface area contributed by atoms with E-state index in [1.165, 1.54) is 4.90 Å². The van der Waals surface area contributed by atoms with Gasteiger partial charge in [-0.2, -0.15) is 13.2 Å². The van der Waals surface area contributed by atoms with Crippen molar-refractivity contribution in [2.45, 2.75) is 19.0 Å². The van der Waals surface area contributed by atoms with Gasteiger partial charge in [-0.15, -0.1) is 12.4 Å². The van der Waals surface area contributed by atoms with E-state index in [2.05, 4.69) is 15.9 Å². The van der Waals surface area contributed by atoms with Crippen LogP contribution in [0.15, 0.2) is 28.7 Å². The predicted molar refractivity (Wildman–Crippen MR) is 82.1 cm³/mol. The summed E-state index contributed by atoms with van der Waals surface area (Å²) in [4.78, 5) is 1.47. The molecule has 7 heteroatoms. The number of likely N-dealkylation sites (tertiary alicyclic amines) is 1. The van der Waals surface area contributed by atoms with Gasteiger partial charge in [0.2, 0.25) is 0 Å². The van der Waals surface area contributed by atoms with Crippen molar-refractivity contribution in [2.24, 2.45) is 5.92 Å². The van der Waals surface area contributed by atoms with Gasteiger partial charge in [-0.05, 0) is 37.6 Å². The fraction of sp³-hybridized carbons (Fsp3) is 0.571. The lowest BCUT2D eigenvalue weighted by molar-refractivity contribution is -0.149. The van der Waals surface area contributed by atoms with Crippen molar-refractivity contribution in [3.8, 4) is 5.75 Å². The number of benzene rings is 1. The Morgan fingerprint density at radius 1 is 1.33 bits per heavy atom. The van der Waals surface area contributed by atoms with Crippen LogP contribution in [0.4, 0.5) is 13.2 Å². The lowest BCUT2D eigenvalue weighted by Crippen LogP contribution is -2.42. The molecule has 0 bridgehead atoms. The highest BCUT2D eigenvalue weighted by molar-refractivity contribution is 9.10. The molecule has 0 radical (unpaired) electrons. The summed E-state index contributed by atoms with van der Waals surface area (Å²) in [5, 5.41) is 0. The van der Waals surface area contributed by atoms with Gasteiger partial charge in [0.15, 0.2) is 0 Å². The summed E-state index contributed by atoms with van der Waals surface area (Å²) < 4.78 is 43.7. The third-order valence-corrected chi connectivity index (χ3v) is 3.78. The van der Waals surface area contributed by atoms with Crippen molar-refractivity contribution in [1.82, 2.24) is 4.90 Å². The van der Waals surface area contributed by atoms with Crippen LogP contribution >= 0.6 is 28.3 Å². The van der Waals surface area contributed by atoms with E-state index in [4.69, 9.17) is 4.74 Å². The molecule has 2 rings (SSSR count). The van der Waals surface area contributed by atoms with Crippen LogP contribution in [0.2, 0.25) is 0 Å². The Bertz CT molecular complexity index is 444. The van der Waals surface area contributed by atoms with Crippen molar-refractivity contribution in [3.63, 3.8) is 0 Å². The summed E-state index contributed by atoms with van der Waals surface area (Å²) >= 11 is 3.36. The molecule has 21 heavy (non-hydrogen) atoms. The van der Waals surface area contributed by atoms with E-state index in [-0.39, 0.29) is 18.3 Å². The Hall–Kier alpha value is -0.460. The predicted octanol–water partition coefficient (Wildman–Crippen LogP) is 4.52. The molecule has 0 amide bonds. The first-order chi connectivity index (χ1) is 9.42. The Morgan fingerprint density at radius 3 is 2.76 bits per heavy atom. The lowest BCUT2D eigenvalue weighted by Gasteiger charge is -2.32. The van der Waals surface area contributed by atoms with Gasteiger partial charge in [0, 0.05) is 16.9 Å². The van der Waals surface area contributed by atoms with Gasteiger partial charge >= 0.3 is 6.18 Å². The summed E-state index contributed by atoms with van der Waals surface area (Å²) in [6.45, 7) is 0.617. The van der Waals surface area contributed by atoms with Crippen molar-refractivity contribution in [1.29, 1.82) is 0 Å². The Balaban J connectivity index is 0.00000220. The van der Waals surface area contributed by atoms with Crippen molar-refractivity contribution in [3.05, 3.63) is 28.7 Å². The Labute approximate surface area is 137 Å². The number of ether oxygens (including phenoxy) is 1. The number of nitrogens with zero attached hydrogens (tertiary/aromatic N) is 1. The van der Waals surface area contributed by atoms with Gasteiger partial charge in [0.1, 0.15) is 5.75 Å². The third-order valence-electron chi connectivity index (χ3n) is 3.29.